The second-order valence-corrected chi connectivity index (χ2v) is 11.8. The zero-order valence-electron chi connectivity index (χ0n) is 25.1. The van der Waals surface area contributed by atoms with Crippen molar-refractivity contribution < 1.29 is 23.9 Å². The first-order chi connectivity index (χ1) is 18.3. The van der Waals surface area contributed by atoms with Gasteiger partial charge in [-0.25, -0.2) is 0 Å². The number of ether oxygens (including phenoxy) is 2. The summed E-state index contributed by atoms with van der Waals surface area (Å²) < 4.78 is 11.4. The van der Waals surface area contributed by atoms with E-state index in [-0.39, 0.29) is 47.1 Å². The molecule has 0 aromatic heterocycles. The lowest BCUT2D eigenvalue weighted by molar-refractivity contribution is -0.153. The molecule has 4 unspecified atom stereocenters. The van der Waals surface area contributed by atoms with Gasteiger partial charge in [0.15, 0.2) is 0 Å². The van der Waals surface area contributed by atoms with Gasteiger partial charge < -0.3 is 36.6 Å². The third-order valence-electron chi connectivity index (χ3n) is 7.20. The van der Waals surface area contributed by atoms with Gasteiger partial charge in [-0.05, 0) is 83.2 Å². The quantitative estimate of drug-likeness (QED) is 0.102. The molecule has 2 saturated carbocycles. The van der Waals surface area contributed by atoms with E-state index < -0.39 is 11.1 Å². The van der Waals surface area contributed by atoms with Crippen molar-refractivity contribution in [2.24, 2.45) is 29.4 Å². The maximum atomic E-state index is 13.5. The Morgan fingerprint density at radius 1 is 1.21 bits per heavy atom. The van der Waals surface area contributed by atoms with E-state index in [2.05, 4.69) is 28.6 Å². The first-order valence-corrected chi connectivity index (χ1v) is 14.0. The van der Waals surface area contributed by atoms with Crippen LogP contribution in [-0.2, 0) is 23.9 Å². The molecule has 10 heteroatoms. The minimum absolute atomic E-state index is 0.0674. The molecule has 0 radical (unpaired) electrons. The molecule has 2 rings (SSSR count). The van der Waals surface area contributed by atoms with Crippen molar-refractivity contribution in [3.05, 3.63) is 23.7 Å². The van der Waals surface area contributed by atoms with Crippen LogP contribution in [0, 0.1) is 29.1 Å². The Balaban J connectivity index is 0.00000371. The standard InChI is InChI=1S/C28H46N4O5.CH5N/c1-8-23(34)32-27(5,6)9-10-30-26(36-16-18(2)3)22(15-29)25(35)31-24-19(4)11-20-12-21(24)14-28(7,13-20)37-17-33;1-2/h9-10,15,17-21,24,29-30H,8,11-14,16H2,1-7H3,(H,31,35)(H,32,34);2H2,1H3/b10-9+,26-22-,29-15?;/t19?,20?,21?,24?,28-;/m0./s1. The Morgan fingerprint density at radius 3 is 2.44 bits per heavy atom. The summed E-state index contributed by atoms with van der Waals surface area (Å²) in [6.07, 6.45) is 8.25. The highest BCUT2D eigenvalue weighted by atomic mass is 16.5. The van der Waals surface area contributed by atoms with Gasteiger partial charge in [0.1, 0.15) is 11.2 Å². The molecule has 2 bridgehead atoms. The summed E-state index contributed by atoms with van der Waals surface area (Å²) >= 11 is 0. The third-order valence-corrected chi connectivity index (χ3v) is 7.20. The molecule has 39 heavy (non-hydrogen) atoms. The normalized spacial score (nSPS) is 26.9. The lowest BCUT2D eigenvalue weighted by Gasteiger charge is -2.50. The van der Waals surface area contributed by atoms with Gasteiger partial charge in [0.05, 0.1) is 12.1 Å². The topological polar surface area (TPSA) is 156 Å². The zero-order chi connectivity index (χ0) is 29.8. The summed E-state index contributed by atoms with van der Waals surface area (Å²) in [4.78, 5) is 36.3. The molecule has 2 amide bonds. The highest BCUT2D eigenvalue weighted by Gasteiger charge is 2.47. The lowest BCUT2D eigenvalue weighted by atomic mass is 9.61. The molecule has 0 aromatic carbocycles. The van der Waals surface area contributed by atoms with Crippen LogP contribution in [0.5, 0.6) is 0 Å². The van der Waals surface area contributed by atoms with Crippen molar-refractivity contribution in [3.63, 3.8) is 0 Å². The fourth-order valence-corrected chi connectivity index (χ4v) is 5.63. The second-order valence-electron chi connectivity index (χ2n) is 11.8. The van der Waals surface area contributed by atoms with Gasteiger partial charge in [-0.2, -0.15) is 0 Å². The van der Waals surface area contributed by atoms with Crippen LogP contribution in [0.2, 0.25) is 0 Å². The molecular weight excluding hydrogens is 498 g/mol. The molecule has 2 aliphatic carbocycles. The van der Waals surface area contributed by atoms with Crippen LogP contribution < -0.4 is 21.7 Å². The number of carbonyl (C=O) groups is 3. The number of fused-ring (bicyclic) bond motifs is 2. The highest BCUT2D eigenvalue weighted by molar-refractivity contribution is 6.11. The lowest BCUT2D eigenvalue weighted by Crippen LogP contribution is -2.54. The van der Waals surface area contributed by atoms with E-state index in [0.717, 1.165) is 25.5 Å². The molecule has 0 aromatic rings. The Bertz CT molecular complexity index is 898. The van der Waals surface area contributed by atoms with E-state index in [9.17, 15) is 14.4 Å². The monoisotopic (exact) mass is 549 g/mol. The maximum absolute atomic E-state index is 13.5. The number of hydrogen-bond acceptors (Lipinski definition) is 8. The highest BCUT2D eigenvalue weighted by Crippen LogP contribution is 2.47. The van der Waals surface area contributed by atoms with Gasteiger partial charge in [-0.3, -0.25) is 14.4 Å². The zero-order valence-corrected chi connectivity index (χ0v) is 25.1. The molecule has 0 heterocycles. The van der Waals surface area contributed by atoms with E-state index in [1.807, 2.05) is 34.6 Å². The van der Waals surface area contributed by atoms with Crippen molar-refractivity contribution in [3.8, 4) is 0 Å². The van der Waals surface area contributed by atoms with Gasteiger partial charge in [0.2, 0.25) is 11.8 Å². The molecule has 222 valence electrons. The Hall–Kier alpha value is -2.88. The first kappa shape index (κ1) is 34.1. The Morgan fingerprint density at radius 2 is 1.87 bits per heavy atom. The van der Waals surface area contributed by atoms with Crippen molar-refractivity contribution in [1.29, 1.82) is 5.41 Å². The molecule has 6 N–H and O–H groups in total. The average molecular weight is 550 g/mol. The van der Waals surface area contributed by atoms with Gasteiger partial charge in [0.25, 0.3) is 12.4 Å². The fourth-order valence-electron chi connectivity index (χ4n) is 5.63. The molecule has 2 aliphatic rings. The number of amides is 2. The summed E-state index contributed by atoms with van der Waals surface area (Å²) in [5.74, 6) is 0.848. The summed E-state index contributed by atoms with van der Waals surface area (Å²) in [7, 11) is 1.50. The predicted molar refractivity (Wildman–Crippen MR) is 154 cm³/mol. The average Bonchev–Trinajstić information content (AvgIpc) is 2.85. The molecule has 0 saturated heterocycles. The molecule has 0 aliphatic heterocycles. The van der Waals surface area contributed by atoms with Crippen LogP contribution in [0.15, 0.2) is 23.7 Å². The van der Waals surface area contributed by atoms with E-state index in [0.29, 0.717) is 31.8 Å². The van der Waals surface area contributed by atoms with E-state index in [1.165, 1.54) is 7.05 Å². The van der Waals surface area contributed by atoms with Crippen LogP contribution in [0.4, 0.5) is 0 Å². The second kappa shape index (κ2) is 15.6. The summed E-state index contributed by atoms with van der Waals surface area (Å²) in [6, 6.07) is -0.0985. The summed E-state index contributed by atoms with van der Waals surface area (Å²) in [5, 5.41) is 17.1. The van der Waals surface area contributed by atoms with Gasteiger partial charge >= 0.3 is 0 Å². The predicted octanol–water partition coefficient (Wildman–Crippen LogP) is 3.38. The summed E-state index contributed by atoms with van der Waals surface area (Å²) in [5.41, 5.74) is 3.47. The van der Waals surface area contributed by atoms with Crippen molar-refractivity contribution in [2.45, 2.75) is 97.8 Å². The summed E-state index contributed by atoms with van der Waals surface area (Å²) in [6.45, 7) is 14.5. The van der Waals surface area contributed by atoms with E-state index in [4.69, 9.17) is 14.9 Å². The molecule has 0 spiro atoms. The van der Waals surface area contributed by atoms with Crippen molar-refractivity contribution in [1.82, 2.24) is 16.0 Å². The van der Waals surface area contributed by atoms with E-state index in [1.54, 1.807) is 19.2 Å². The Labute approximate surface area is 234 Å². The number of nitrogens with one attached hydrogen (secondary N) is 4. The molecule has 5 atom stereocenters. The van der Waals surface area contributed by atoms with Crippen LogP contribution in [0.1, 0.15) is 80.6 Å². The van der Waals surface area contributed by atoms with E-state index >= 15 is 0 Å². The minimum Gasteiger partial charge on any atom is -0.478 e. The minimum atomic E-state index is -0.609. The van der Waals surface area contributed by atoms with Crippen molar-refractivity contribution in [2.75, 3.05) is 13.7 Å². The number of rotatable bonds is 13. The number of nitrogens with two attached hydrogens (primary N) is 1. The third kappa shape index (κ3) is 10.7. The van der Waals surface area contributed by atoms with Crippen LogP contribution in [0.25, 0.3) is 0 Å². The molecular formula is C29H51N5O5. The largest absolute Gasteiger partial charge is 0.478 e. The van der Waals surface area contributed by atoms with Crippen molar-refractivity contribution >= 4 is 24.5 Å². The van der Waals surface area contributed by atoms with Gasteiger partial charge in [0, 0.05) is 24.9 Å². The maximum Gasteiger partial charge on any atom is 0.293 e. The molecule has 10 nitrogen and oxygen atoms in total. The number of hydrogen-bond donors (Lipinski definition) is 5. The van der Waals surface area contributed by atoms with Gasteiger partial charge in [-0.1, -0.05) is 27.7 Å². The van der Waals surface area contributed by atoms with Crippen LogP contribution in [0.3, 0.4) is 0 Å². The van der Waals surface area contributed by atoms with Gasteiger partial charge in [-0.15, -0.1) is 0 Å². The fraction of sp³-hybridized carbons (Fsp3) is 0.724. The Kier molecular flexibility index (Phi) is 13.7. The SMILES string of the molecule is CCC(=O)NC(C)(C)/C=C/N/C(OCC(C)C)=C(\C=N)C(=O)NC1C(C)CC2CC1C[C@@](C)(OC=O)C2.CN. The van der Waals surface area contributed by atoms with Crippen LogP contribution in [-0.4, -0.2) is 55.3 Å². The first-order valence-electron chi connectivity index (χ1n) is 14.0. The smallest absolute Gasteiger partial charge is 0.293 e. The molecule has 2 fully saturated rings. The van der Waals surface area contributed by atoms with Crippen LogP contribution >= 0.6 is 0 Å². The number of carbonyl (C=O) groups excluding carboxylic acids is 3.